The molecule has 0 aliphatic carbocycles. The van der Waals surface area contributed by atoms with Crippen LogP contribution in [-0.4, -0.2) is 11.0 Å². The summed E-state index contributed by atoms with van der Waals surface area (Å²) in [7, 11) is 0. The van der Waals surface area contributed by atoms with Crippen molar-refractivity contribution in [1.29, 1.82) is 0 Å². The predicted octanol–water partition coefficient (Wildman–Crippen LogP) is 5.24. The number of phenolic OH excluding ortho intramolecular Hbond substituents is 1. The van der Waals surface area contributed by atoms with Gasteiger partial charge in [-0.25, -0.2) is 8.78 Å². The van der Waals surface area contributed by atoms with E-state index in [1.54, 1.807) is 24.3 Å². The molecule has 126 valence electrons. The van der Waals surface area contributed by atoms with Crippen molar-refractivity contribution in [1.82, 2.24) is 0 Å². The Balaban J connectivity index is 1.97. The minimum absolute atomic E-state index is 0.0545. The third-order valence-electron chi connectivity index (χ3n) is 3.61. The van der Waals surface area contributed by atoms with Crippen molar-refractivity contribution in [3.05, 3.63) is 82.9 Å². The summed E-state index contributed by atoms with van der Waals surface area (Å²) in [5.41, 5.74) is 0.779. The van der Waals surface area contributed by atoms with E-state index in [-0.39, 0.29) is 16.9 Å². The molecule has 0 aliphatic rings. The maximum atomic E-state index is 13.9. The first kappa shape index (κ1) is 16.9. The zero-order valence-corrected chi connectivity index (χ0v) is 13.5. The number of carbonyl (C=O) groups excluding carboxylic acids is 1. The van der Waals surface area contributed by atoms with Crippen LogP contribution < -0.4 is 5.32 Å². The first-order chi connectivity index (χ1) is 12.0. The van der Waals surface area contributed by atoms with Crippen LogP contribution in [0.2, 0.25) is 5.02 Å². The Morgan fingerprint density at radius 2 is 1.76 bits per heavy atom. The lowest BCUT2D eigenvalue weighted by molar-refractivity contribution is 0.102. The van der Waals surface area contributed by atoms with Crippen LogP contribution in [0.25, 0.3) is 11.1 Å². The Hall–Kier alpha value is -2.92. The second kappa shape index (κ2) is 6.91. The number of anilines is 1. The standard InChI is InChI=1S/C19H12ClF2NO2/c20-15-3-1-2-4-17(15)23-19(25)14-9-11(5-8-18(14)24)13-7-6-12(21)10-16(13)22/h1-10,24H,(H,23,25). The number of hydrogen-bond donors (Lipinski definition) is 2. The Bertz CT molecular complexity index is 960. The number of carbonyl (C=O) groups is 1. The third-order valence-corrected chi connectivity index (χ3v) is 3.93. The van der Waals surface area contributed by atoms with E-state index in [9.17, 15) is 18.7 Å². The molecule has 0 saturated heterocycles. The van der Waals surface area contributed by atoms with Gasteiger partial charge in [-0.15, -0.1) is 0 Å². The molecule has 0 atom stereocenters. The van der Waals surface area contributed by atoms with Gasteiger partial charge in [-0.3, -0.25) is 4.79 Å². The molecule has 0 aromatic heterocycles. The fraction of sp³-hybridized carbons (Fsp3) is 0. The summed E-state index contributed by atoms with van der Waals surface area (Å²) in [5, 5.41) is 12.9. The lowest BCUT2D eigenvalue weighted by atomic mass is 10.0. The maximum absolute atomic E-state index is 13.9. The highest BCUT2D eigenvalue weighted by Gasteiger charge is 2.15. The SMILES string of the molecule is O=C(Nc1ccccc1Cl)c1cc(-c2ccc(F)cc2F)ccc1O. The van der Waals surface area contributed by atoms with E-state index in [1.165, 1.54) is 24.3 Å². The molecule has 25 heavy (non-hydrogen) atoms. The summed E-state index contributed by atoms with van der Waals surface area (Å²) < 4.78 is 27.0. The van der Waals surface area contributed by atoms with Gasteiger partial charge < -0.3 is 10.4 Å². The van der Waals surface area contributed by atoms with Crippen LogP contribution in [0.15, 0.2) is 60.7 Å². The molecule has 3 aromatic rings. The van der Waals surface area contributed by atoms with Gasteiger partial charge in [0.05, 0.1) is 16.3 Å². The number of amides is 1. The van der Waals surface area contributed by atoms with Gasteiger partial charge >= 0.3 is 0 Å². The molecular weight excluding hydrogens is 348 g/mol. The number of benzene rings is 3. The largest absolute Gasteiger partial charge is 0.507 e. The van der Waals surface area contributed by atoms with E-state index < -0.39 is 17.5 Å². The Kier molecular flexibility index (Phi) is 4.67. The lowest BCUT2D eigenvalue weighted by Crippen LogP contribution is -2.12. The van der Waals surface area contributed by atoms with E-state index in [2.05, 4.69) is 5.32 Å². The van der Waals surface area contributed by atoms with E-state index in [0.717, 1.165) is 12.1 Å². The fourth-order valence-electron chi connectivity index (χ4n) is 2.36. The zero-order valence-electron chi connectivity index (χ0n) is 12.8. The summed E-state index contributed by atoms with van der Waals surface area (Å²) in [5.74, 6) is -2.33. The number of phenols is 1. The molecule has 0 bridgehead atoms. The molecule has 0 aliphatic heterocycles. The highest BCUT2D eigenvalue weighted by Crippen LogP contribution is 2.29. The lowest BCUT2D eigenvalue weighted by Gasteiger charge is -2.10. The first-order valence-electron chi connectivity index (χ1n) is 7.30. The summed E-state index contributed by atoms with van der Waals surface area (Å²) in [6.07, 6.45) is 0. The van der Waals surface area contributed by atoms with Crippen LogP contribution in [0.1, 0.15) is 10.4 Å². The third kappa shape index (κ3) is 3.61. The normalized spacial score (nSPS) is 10.5. The van der Waals surface area contributed by atoms with Crippen molar-refractivity contribution in [3.63, 3.8) is 0 Å². The van der Waals surface area contributed by atoms with Crippen molar-refractivity contribution >= 4 is 23.2 Å². The molecule has 3 rings (SSSR count). The van der Waals surface area contributed by atoms with Crippen LogP contribution in [0, 0.1) is 11.6 Å². The molecule has 0 spiro atoms. The van der Waals surface area contributed by atoms with E-state index >= 15 is 0 Å². The molecule has 0 radical (unpaired) electrons. The van der Waals surface area contributed by atoms with Crippen LogP contribution in [-0.2, 0) is 0 Å². The summed E-state index contributed by atoms with van der Waals surface area (Å²) >= 11 is 6.00. The van der Waals surface area contributed by atoms with Crippen molar-refractivity contribution < 1.29 is 18.7 Å². The van der Waals surface area contributed by atoms with Gasteiger partial charge in [-0.1, -0.05) is 29.8 Å². The second-order valence-electron chi connectivity index (χ2n) is 5.29. The van der Waals surface area contributed by atoms with Crippen LogP contribution in [0.4, 0.5) is 14.5 Å². The van der Waals surface area contributed by atoms with Gasteiger partial charge in [-0.2, -0.15) is 0 Å². The molecule has 0 unspecified atom stereocenters. The second-order valence-corrected chi connectivity index (χ2v) is 5.70. The van der Waals surface area contributed by atoms with Gasteiger partial charge in [-0.05, 0) is 42.0 Å². The topological polar surface area (TPSA) is 49.3 Å². The molecule has 3 nitrogen and oxygen atoms in total. The summed E-state index contributed by atoms with van der Waals surface area (Å²) in [6, 6.07) is 13.8. The number of hydrogen-bond acceptors (Lipinski definition) is 2. The van der Waals surface area contributed by atoms with Crippen LogP contribution in [0.3, 0.4) is 0 Å². The number of rotatable bonds is 3. The molecule has 1 amide bonds. The summed E-state index contributed by atoms with van der Waals surface area (Å²) in [4.78, 5) is 12.4. The van der Waals surface area contributed by atoms with Gasteiger partial charge in [0, 0.05) is 11.6 Å². The molecule has 0 fully saturated rings. The maximum Gasteiger partial charge on any atom is 0.259 e. The molecule has 2 N–H and O–H groups in total. The number of para-hydroxylation sites is 1. The summed E-state index contributed by atoms with van der Waals surface area (Å²) in [6.45, 7) is 0. The average Bonchev–Trinajstić information content (AvgIpc) is 2.58. The highest BCUT2D eigenvalue weighted by atomic mass is 35.5. The van der Waals surface area contributed by atoms with Crippen LogP contribution >= 0.6 is 11.6 Å². The van der Waals surface area contributed by atoms with Crippen molar-refractivity contribution in [2.45, 2.75) is 0 Å². The zero-order chi connectivity index (χ0) is 18.0. The minimum atomic E-state index is -0.761. The molecule has 6 heteroatoms. The molecule has 0 heterocycles. The van der Waals surface area contributed by atoms with Gasteiger partial charge in [0.2, 0.25) is 0 Å². The van der Waals surface area contributed by atoms with E-state index in [4.69, 9.17) is 11.6 Å². The van der Waals surface area contributed by atoms with Gasteiger partial charge in [0.15, 0.2) is 0 Å². The minimum Gasteiger partial charge on any atom is -0.507 e. The van der Waals surface area contributed by atoms with Crippen LogP contribution in [0.5, 0.6) is 5.75 Å². The van der Waals surface area contributed by atoms with Crippen molar-refractivity contribution in [2.75, 3.05) is 5.32 Å². The predicted molar refractivity (Wildman–Crippen MR) is 92.9 cm³/mol. The number of halogens is 3. The van der Waals surface area contributed by atoms with Gasteiger partial charge in [0.25, 0.3) is 5.91 Å². The highest BCUT2D eigenvalue weighted by molar-refractivity contribution is 6.33. The fourth-order valence-corrected chi connectivity index (χ4v) is 2.54. The van der Waals surface area contributed by atoms with Gasteiger partial charge in [0.1, 0.15) is 17.4 Å². The molecule has 0 saturated carbocycles. The Morgan fingerprint density at radius 1 is 1.00 bits per heavy atom. The van der Waals surface area contributed by atoms with Crippen molar-refractivity contribution in [3.8, 4) is 16.9 Å². The molecule has 3 aromatic carbocycles. The first-order valence-corrected chi connectivity index (χ1v) is 7.68. The smallest absolute Gasteiger partial charge is 0.259 e. The van der Waals surface area contributed by atoms with E-state index in [0.29, 0.717) is 16.3 Å². The Labute approximate surface area is 147 Å². The molecular formula is C19H12ClF2NO2. The van der Waals surface area contributed by atoms with Crippen molar-refractivity contribution in [2.24, 2.45) is 0 Å². The quantitative estimate of drug-likeness (QED) is 0.671. The number of nitrogens with one attached hydrogen (secondary N) is 1. The Morgan fingerprint density at radius 3 is 2.48 bits per heavy atom. The number of aromatic hydroxyl groups is 1. The monoisotopic (exact) mass is 359 g/mol. The van der Waals surface area contributed by atoms with E-state index in [1.807, 2.05) is 0 Å². The average molecular weight is 360 g/mol.